The molecule has 0 atom stereocenters. The highest BCUT2D eigenvalue weighted by molar-refractivity contribution is 7.89. The zero-order chi connectivity index (χ0) is 19.6. The molecule has 0 radical (unpaired) electrons. The lowest BCUT2D eigenvalue weighted by atomic mass is 10.1. The summed E-state index contributed by atoms with van der Waals surface area (Å²) in [6.45, 7) is 3.98. The molecule has 0 N–H and O–H groups in total. The predicted molar refractivity (Wildman–Crippen MR) is 98.9 cm³/mol. The highest BCUT2D eigenvalue weighted by atomic mass is 32.2. The fraction of sp³-hybridized carbons (Fsp3) is 0.474. The Morgan fingerprint density at radius 1 is 1.19 bits per heavy atom. The molecular formula is C19H25NO5S. The van der Waals surface area contributed by atoms with E-state index in [4.69, 9.17) is 11.2 Å². The Bertz CT molecular complexity index is 747. The molecule has 0 saturated carbocycles. The summed E-state index contributed by atoms with van der Waals surface area (Å²) in [4.78, 5) is 23.1. The number of unbranched alkanes of at least 4 members (excludes halogenated alkanes) is 1. The number of ketones is 1. The third-order valence-electron chi connectivity index (χ3n) is 3.69. The van der Waals surface area contributed by atoms with Crippen LogP contribution in [0, 0.1) is 19.3 Å². The quantitative estimate of drug-likeness (QED) is 0.255. The number of terminal acetylenes is 1. The van der Waals surface area contributed by atoms with Gasteiger partial charge in [-0.25, -0.2) is 8.42 Å². The standard InChI is InChI=1S/C19H25NO5S/c1-4-13-20(26(23,24)18-11-9-16(3)10-12-18)14-7-6-8-17(21)15-19(22)25-5-2/h1,9-12H,5-8,13-15H2,2-3H3. The molecule has 0 amide bonds. The van der Waals surface area contributed by atoms with Crippen LogP contribution in [0.1, 0.15) is 38.2 Å². The van der Waals surface area contributed by atoms with Gasteiger partial charge in [-0.1, -0.05) is 23.6 Å². The Morgan fingerprint density at radius 3 is 2.42 bits per heavy atom. The van der Waals surface area contributed by atoms with Crippen molar-refractivity contribution in [3.63, 3.8) is 0 Å². The zero-order valence-electron chi connectivity index (χ0n) is 15.2. The van der Waals surface area contributed by atoms with Gasteiger partial charge in [-0.15, -0.1) is 6.42 Å². The molecule has 1 aromatic rings. The van der Waals surface area contributed by atoms with E-state index < -0.39 is 16.0 Å². The summed E-state index contributed by atoms with van der Waals surface area (Å²) in [7, 11) is -3.68. The van der Waals surface area contributed by atoms with E-state index in [2.05, 4.69) is 5.92 Å². The highest BCUT2D eigenvalue weighted by Gasteiger charge is 2.23. The molecule has 0 fully saturated rings. The van der Waals surface area contributed by atoms with Gasteiger partial charge in [-0.2, -0.15) is 4.31 Å². The van der Waals surface area contributed by atoms with Gasteiger partial charge >= 0.3 is 5.97 Å². The maximum absolute atomic E-state index is 12.7. The van der Waals surface area contributed by atoms with Gasteiger partial charge in [0.05, 0.1) is 18.0 Å². The monoisotopic (exact) mass is 379 g/mol. The summed E-state index contributed by atoms with van der Waals surface area (Å²) in [5, 5.41) is 0. The number of sulfonamides is 1. The first kappa shape index (κ1) is 21.9. The van der Waals surface area contributed by atoms with Crippen molar-refractivity contribution in [2.45, 2.75) is 44.4 Å². The van der Waals surface area contributed by atoms with Crippen molar-refractivity contribution in [1.29, 1.82) is 0 Å². The van der Waals surface area contributed by atoms with Gasteiger partial charge in [0, 0.05) is 13.0 Å². The summed E-state index contributed by atoms with van der Waals surface area (Å²) in [6, 6.07) is 6.57. The molecule has 0 aliphatic heterocycles. The van der Waals surface area contributed by atoms with E-state index in [1.54, 1.807) is 31.2 Å². The fourth-order valence-corrected chi connectivity index (χ4v) is 3.71. The van der Waals surface area contributed by atoms with Crippen molar-refractivity contribution in [1.82, 2.24) is 4.31 Å². The summed E-state index contributed by atoms with van der Waals surface area (Å²) >= 11 is 0. The van der Waals surface area contributed by atoms with Crippen molar-refractivity contribution in [2.24, 2.45) is 0 Å². The minimum absolute atomic E-state index is 0.0347. The van der Waals surface area contributed by atoms with Crippen LogP contribution in [0.4, 0.5) is 0 Å². The average molecular weight is 379 g/mol. The molecule has 1 rings (SSSR count). The second kappa shape index (κ2) is 10.7. The van der Waals surface area contributed by atoms with E-state index in [1.807, 2.05) is 6.92 Å². The topological polar surface area (TPSA) is 80.8 Å². The summed E-state index contributed by atoms with van der Waals surface area (Å²) in [5.74, 6) is 1.62. The molecule has 0 saturated heterocycles. The molecule has 0 bridgehead atoms. The number of rotatable bonds is 11. The minimum Gasteiger partial charge on any atom is -0.466 e. The molecule has 0 aromatic heterocycles. The van der Waals surface area contributed by atoms with Crippen LogP contribution in [0.15, 0.2) is 29.2 Å². The first-order chi connectivity index (χ1) is 12.3. The fourth-order valence-electron chi connectivity index (χ4n) is 2.32. The number of aryl methyl sites for hydroxylation is 1. The van der Waals surface area contributed by atoms with Gasteiger partial charge < -0.3 is 4.74 Å². The van der Waals surface area contributed by atoms with Gasteiger partial charge in [0.25, 0.3) is 0 Å². The highest BCUT2D eigenvalue weighted by Crippen LogP contribution is 2.17. The van der Waals surface area contributed by atoms with E-state index in [0.29, 0.717) is 12.8 Å². The lowest BCUT2D eigenvalue weighted by Crippen LogP contribution is -2.32. The van der Waals surface area contributed by atoms with Crippen LogP contribution in [0.5, 0.6) is 0 Å². The number of esters is 1. The smallest absolute Gasteiger partial charge is 0.313 e. The number of carbonyl (C=O) groups excluding carboxylic acids is 2. The maximum atomic E-state index is 12.7. The summed E-state index contributed by atoms with van der Waals surface area (Å²) < 4.78 is 31.3. The lowest BCUT2D eigenvalue weighted by Gasteiger charge is -2.20. The third kappa shape index (κ3) is 6.98. The molecule has 142 valence electrons. The number of benzene rings is 1. The van der Waals surface area contributed by atoms with Gasteiger partial charge in [0.2, 0.25) is 10.0 Å². The molecule has 0 aliphatic carbocycles. The zero-order valence-corrected chi connectivity index (χ0v) is 16.0. The van der Waals surface area contributed by atoms with Crippen LogP contribution >= 0.6 is 0 Å². The van der Waals surface area contributed by atoms with Crippen LogP contribution in [-0.4, -0.2) is 44.2 Å². The van der Waals surface area contributed by atoms with Crippen molar-refractivity contribution in [3.05, 3.63) is 29.8 Å². The number of Topliss-reactive ketones (excluding diaryl/α,β-unsaturated/α-hetero) is 1. The van der Waals surface area contributed by atoms with E-state index >= 15 is 0 Å². The predicted octanol–water partition coefficient (Wildman–Crippen LogP) is 2.31. The first-order valence-electron chi connectivity index (χ1n) is 8.48. The van der Waals surface area contributed by atoms with Crippen LogP contribution in [-0.2, 0) is 24.3 Å². The van der Waals surface area contributed by atoms with E-state index in [1.165, 1.54) is 4.31 Å². The molecular weight excluding hydrogens is 354 g/mol. The van der Waals surface area contributed by atoms with Gasteiger partial charge in [0.15, 0.2) is 0 Å². The Balaban J connectivity index is 2.58. The van der Waals surface area contributed by atoms with E-state index in [-0.39, 0.29) is 43.2 Å². The van der Waals surface area contributed by atoms with Crippen molar-refractivity contribution in [2.75, 3.05) is 19.7 Å². The van der Waals surface area contributed by atoms with E-state index in [0.717, 1.165) is 5.56 Å². The van der Waals surface area contributed by atoms with Crippen molar-refractivity contribution in [3.8, 4) is 12.3 Å². The van der Waals surface area contributed by atoms with Gasteiger partial charge in [-0.05, 0) is 38.8 Å². The van der Waals surface area contributed by atoms with Gasteiger partial charge in [-0.3, -0.25) is 9.59 Å². The Hall–Kier alpha value is -2.17. The molecule has 0 unspecified atom stereocenters. The van der Waals surface area contributed by atoms with Crippen molar-refractivity contribution < 1.29 is 22.7 Å². The molecule has 26 heavy (non-hydrogen) atoms. The molecule has 1 aromatic carbocycles. The third-order valence-corrected chi connectivity index (χ3v) is 5.55. The maximum Gasteiger partial charge on any atom is 0.313 e. The Labute approximate surface area is 155 Å². The largest absolute Gasteiger partial charge is 0.466 e. The Kier molecular flexibility index (Phi) is 9.03. The lowest BCUT2D eigenvalue weighted by molar-refractivity contribution is -0.145. The summed E-state index contributed by atoms with van der Waals surface area (Å²) in [6.07, 6.45) is 6.21. The Morgan fingerprint density at radius 2 is 1.85 bits per heavy atom. The molecule has 0 spiro atoms. The second-order valence-corrected chi connectivity index (χ2v) is 7.77. The van der Waals surface area contributed by atoms with Crippen molar-refractivity contribution >= 4 is 21.8 Å². The number of hydrogen-bond acceptors (Lipinski definition) is 5. The molecule has 0 aliphatic rings. The SMILES string of the molecule is C#CCN(CCCCC(=O)CC(=O)OCC)S(=O)(=O)c1ccc(C)cc1. The minimum atomic E-state index is -3.68. The second-order valence-electron chi connectivity index (χ2n) is 5.83. The number of carbonyl (C=O) groups is 2. The molecule has 7 heteroatoms. The number of ether oxygens (including phenoxy) is 1. The number of nitrogens with zero attached hydrogens (tertiary/aromatic N) is 1. The average Bonchev–Trinajstić information content (AvgIpc) is 2.58. The van der Waals surface area contributed by atoms with Crippen LogP contribution in [0.3, 0.4) is 0 Å². The van der Waals surface area contributed by atoms with Crippen LogP contribution < -0.4 is 0 Å². The van der Waals surface area contributed by atoms with E-state index in [9.17, 15) is 18.0 Å². The molecule has 6 nitrogen and oxygen atoms in total. The first-order valence-corrected chi connectivity index (χ1v) is 9.92. The molecule has 0 heterocycles. The van der Waals surface area contributed by atoms with Gasteiger partial charge in [0.1, 0.15) is 12.2 Å². The van der Waals surface area contributed by atoms with Crippen LogP contribution in [0.2, 0.25) is 0 Å². The van der Waals surface area contributed by atoms with Crippen LogP contribution in [0.25, 0.3) is 0 Å². The normalized spacial score (nSPS) is 11.2. The number of hydrogen-bond donors (Lipinski definition) is 0. The summed E-state index contributed by atoms with van der Waals surface area (Å²) in [5.41, 5.74) is 0.965.